The molecule has 1 aromatic heterocycles. The molecule has 132 valence electrons. The minimum Gasteiger partial charge on any atom is -0.360 e. The summed E-state index contributed by atoms with van der Waals surface area (Å²) in [7, 11) is -3.20. The smallest absolute Gasteiger partial charge is 0.175 e. The van der Waals surface area contributed by atoms with Crippen LogP contribution in [0, 0.1) is 6.92 Å². The van der Waals surface area contributed by atoms with E-state index < -0.39 is 9.84 Å². The zero-order valence-electron chi connectivity index (χ0n) is 15.0. The molecule has 0 unspecified atom stereocenters. The van der Waals surface area contributed by atoms with Crippen LogP contribution in [0.4, 0.5) is 0 Å². The molecule has 2 aromatic carbocycles. The van der Waals surface area contributed by atoms with Gasteiger partial charge in [-0.1, -0.05) is 67.9 Å². The Hall–Kier alpha value is -2.40. The van der Waals surface area contributed by atoms with E-state index in [2.05, 4.69) is 19.0 Å². The molecule has 0 saturated heterocycles. The van der Waals surface area contributed by atoms with Gasteiger partial charge in [0.05, 0.1) is 10.5 Å². The van der Waals surface area contributed by atoms with Gasteiger partial charge in [0.15, 0.2) is 9.84 Å². The van der Waals surface area contributed by atoms with Crippen LogP contribution in [0.1, 0.15) is 26.0 Å². The van der Waals surface area contributed by atoms with Crippen LogP contribution in [0.5, 0.6) is 0 Å². The molecular formula is C20H23NO3S. The summed E-state index contributed by atoms with van der Waals surface area (Å²) < 4.78 is 28.4. The van der Waals surface area contributed by atoms with E-state index in [4.69, 9.17) is 4.52 Å². The normalized spacial score (nSPS) is 10.9. The lowest BCUT2D eigenvalue weighted by Gasteiger charge is -2.04. The summed E-state index contributed by atoms with van der Waals surface area (Å²) in [5, 5.41) is 4.14. The van der Waals surface area contributed by atoms with Gasteiger partial charge in [0.25, 0.3) is 0 Å². The number of sulfone groups is 1. The highest BCUT2D eigenvalue weighted by atomic mass is 32.2. The van der Waals surface area contributed by atoms with Gasteiger partial charge in [0, 0.05) is 11.8 Å². The number of rotatable bonds is 3. The van der Waals surface area contributed by atoms with E-state index in [1.807, 2.05) is 37.3 Å². The molecule has 0 saturated carbocycles. The van der Waals surface area contributed by atoms with Gasteiger partial charge in [-0.05, 0) is 24.6 Å². The van der Waals surface area contributed by atoms with Crippen molar-refractivity contribution in [3.63, 3.8) is 0 Å². The average Bonchev–Trinajstić information content (AvgIpc) is 2.97. The predicted molar refractivity (Wildman–Crippen MR) is 101 cm³/mol. The first-order valence-corrected chi connectivity index (χ1v) is 10.1. The Kier molecular flexibility index (Phi) is 6.15. The van der Waals surface area contributed by atoms with Gasteiger partial charge in [-0.25, -0.2) is 8.42 Å². The lowest BCUT2D eigenvalue weighted by molar-refractivity contribution is 0.400. The van der Waals surface area contributed by atoms with Crippen molar-refractivity contribution >= 4 is 9.84 Å². The number of benzene rings is 2. The molecule has 0 bridgehead atoms. The number of aromatic nitrogens is 1. The lowest BCUT2D eigenvalue weighted by Crippen LogP contribution is -1.96. The molecule has 25 heavy (non-hydrogen) atoms. The fourth-order valence-electron chi connectivity index (χ4n) is 2.37. The standard InChI is InChI=1S/C17H15NO3S.C3H8/c1-12-16(13-8-10-15(11-9-13)22(2,19)20)17(18-21-12)14-6-4-3-5-7-14;1-3-2/h3-11H,1-2H3;3H2,1-2H3. The molecule has 0 radical (unpaired) electrons. The molecular weight excluding hydrogens is 334 g/mol. The minimum absolute atomic E-state index is 0.298. The van der Waals surface area contributed by atoms with Crippen LogP contribution in [0.25, 0.3) is 22.4 Å². The van der Waals surface area contributed by atoms with Gasteiger partial charge in [-0.2, -0.15) is 0 Å². The van der Waals surface area contributed by atoms with Gasteiger partial charge in [-0.15, -0.1) is 0 Å². The van der Waals surface area contributed by atoms with E-state index in [9.17, 15) is 8.42 Å². The van der Waals surface area contributed by atoms with Crippen LogP contribution in [0.2, 0.25) is 0 Å². The third kappa shape index (κ3) is 4.57. The van der Waals surface area contributed by atoms with Gasteiger partial charge in [0.1, 0.15) is 11.5 Å². The molecule has 3 rings (SSSR count). The Morgan fingerprint density at radius 1 is 0.920 bits per heavy atom. The Labute approximate surface area is 149 Å². The monoisotopic (exact) mass is 357 g/mol. The maximum atomic E-state index is 11.6. The first-order valence-electron chi connectivity index (χ1n) is 8.20. The summed E-state index contributed by atoms with van der Waals surface area (Å²) in [5.41, 5.74) is 3.47. The fourth-order valence-corrected chi connectivity index (χ4v) is 3.00. The van der Waals surface area contributed by atoms with Gasteiger partial charge >= 0.3 is 0 Å². The van der Waals surface area contributed by atoms with Crippen molar-refractivity contribution in [3.8, 4) is 22.4 Å². The van der Waals surface area contributed by atoms with Gasteiger partial charge in [0.2, 0.25) is 0 Å². The van der Waals surface area contributed by atoms with Crippen LogP contribution < -0.4 is 0 Å². The largest absolute Gasteiger partial charge is 0.360 e. The van der Waals surface area contributed by atoms with Crippen molar-refractivity contribution in [3.05, 3.63) is 60.4 Å². The molecule has 1 heterocycles. The third-order valence-electron chi connectivity index (χ3n) is 3.48. The molecule has 0 aliphatic carbocycles. The highest BCUT2D eigenvalue weighted by Gasteiger charge is 2.17. The van der Waals surface area contributed by atoms with Gasteiger partial charge < -0.3 is 4.52 Å². The molecule has 0 spiro atoms. The van der Waals surface area contributed by atoms with Crippen molar-refractivity contribution in [1.82, 2.24) is 5.16 Å². The maximum Gasteiger partial charge on any atom is 0.175 e. The maximum absolute atomic E-state index is 11.6. The quantitative estimate of drug-likeness (QED) is 0.651. The topological polar surface area (TPSA) is 60.2 Å². The molecule has 0 aliphatic heterocycles. The number of hydrogen-bond donors (Lipinski definition) is 0. The first-order chi connectivity index (χ1) is 11.9. The summed E-state index contributed by atoms with van der Waals surface area (Å²) in [6, 6.07) is 16.5. The summed E-state index contributed by atoms with van der Waals surface area (Å²) in [4.78, 5) is 0.298. The predicted octanol–water partition coefficient (Wildman–Crippen LogP) is 5.14. The number of nitrogens with zero attached hydrogens (tertiary/aromatic N) is 1. The summed E-state index contributed by atoms with van der Waals surface area (Å²) >= 11 is 0. The Morgan fingerprint density at radius 3 is 2.00 bits per heavy atom. The first kappa shape index (κ1) is 18.9. The van der Waals surface area contributed by atoms with Gasteiger partial charge in [-0.3, -0.25) is 0 Å². The fraction of sp³-hybridized carbons (Fsp3) is 0.250. The molecule has 4 nitrogen and oxygen atoms in total. The number of aryl methyl sites for hydroxylation is 1. The highest BCUT2D eigenvalue weighted by Crippen LogP contribution is 2.34. The zero-order valence-corrected chi connectivity index (χ0v) is 15.8. The Morgan fingerprint density at radius 2 is 1.48 bits per heavy atom. The van der Waals surface area contributed by atoms with E-state index in [0.717, 1.165) is 22.4 Å². The van der Waals surface area contributed by atoms with E-state index >= 15 is 0 Å². The molecule has 3 aromatic rings. The van der Waals surface area contributed by atoms with Crippen molar-refractivity contribution in [2.45, 2.75) is 32.1 Å². The molecule has 0 atom stereocenters. The van der Waals surface area contributed by atoms with Crippen LogP contribution in [-0.4, -0.2) is 19.8 Å². The Balaban J connectivity index is 0.000000701. The Bertz CT molecular complexity index is 911. The van der Waals surface area contributed by atoms with Crippen LogP contribution >= 0.6 is 0 Å². The summed E-state index contributed by atoms with van der Waals surface area (Å²) in [6.45, 7) is 6.10. The van der Waals surface area contributed by atoms with Crippen molar-refractivity contribution < 1.29 is 12.9 Å². The minimum atomic E-state index is -3.20. The van der Waals surface area contributed by atoms with E-state index in [1.165, 1.54) is 12.7 Å². The third-order valence-corrected chi connectivity index (χ3v) is 4.61. The molecule has 5 heteroatoms. The van der Waals surface area contributed by atoms with E-state index in [1.54, 1.807) is 24.3 Å². The van der Waals surface area contributed by atoms with Crippen LogP contribution in [0.3, 0.4) is 0 Å². The van der Waals surface area contributed by atoms with E-state index in [-0.39, 0.29) is 0 Å². The summed E-state index contributed by atoms with van der Waals surface area (Å²) in [6.07, 6.45) is 2.45. The second-order valence-electron chi connectivity index (χ2n) is 5.83. The van der Waals surface area contributed by atoms with Crippen molar-refractivity contribution in [2.24, 2.45) is 0 Å². The average molecular weight is 357 g/mol. The zero-order chi connectivity index (χ0) is 18.4. The van der Waals surface area contributed by atoms with Crippen molar-refractivity contribution in [2.75, 3.05) is 6.26 Å². The lowest BCUT2D eigenvalue weighted by atomic mass is 10.00. The van der Waals surface area contributed by atoms with Crippen LogP contribution in [0.15, 0.2) is 64.0 Å². The van der Waals surface area contributed by atoms with E-state index in [0.29, 0.717) is 10.7 Å². The summed E-state index contributed by atoms with van der Waals surface area (Å²) in [5.74, 6) is 0.700. The van der Waals surface area contributed by atoms with Crippen molar-refractivity contribution in [1.29, 1.82) is 0 Å². The molecule has 0 amide bonds. The molecule has 0 fully saturated rings. The highest BCUT2D eigenvalue weighted by molar-refractivity contribution is 7.90. The van der Waals surface area contributed by atoms with Crippen LogP contribution in [-0.2, 0) is 9.84 Å². The second kappa shape index (κ2) is 8.12. The second-order valence-corrected chi connectivity index (χ2v) is 7.85. The molecule has 0 aliphatic rings. The SMILES string of the molecule is CCC.Cc1onc(-c2ccccc2)c1-c1ccc(S(C)(=O)=O)cc1. The molecule has 0 N–H and O–H groups in total. The number of hydrogen-bond acceptors (Lipinski definition) is 4.